The van der Waals surface area contributed by atoms with E-state index in [1.807, 2.05) is 30.3 Å². The Labute approximate surface area is 161 Å². The lowest BCUT2D eigenvalue weighted by Crippen LogP contribution is -2.20. The highest BCUT2D eigenvalue weighted by molar-refractivity contribution is 6.32. The van der Waals surface area contributed by atoms with Gasteiger partial charge >= 0.3 is 0 Å². The Morgan fingerprint density at radius 2 is 2.00 bits per heavy atom. The number of halogens is 1. The van der Waals surface area contributed by atoms with Crippen molar-refractivity contribution in [2.24, 2.45) is 12.8 Å². The molecular formula is C19H19ClN6O. The van der Waals surface area contributed by atoms with Gasteiger partial charge in [0.1, 0.15) is 5.69 Å². The van der Waals surface area contributed by atoms with E-state index in [2.05, 4.69) is 15.1 Å². The lowest BCUT2D eigenvalue weighted by molar-refractivity contribution is 0.385. The molecule has 0 saturated heterocycles. The third-order valence-corrected chi connectivity index (χ3v) is 4.93. The number of benzene rings is 1. The molecule has 0 fully saturated rings. The van der Waals surface area contributed by atoms with Crippen LogP contribution in [0.5, 0.6) is 5.88 Å². The third kappa shape index (κ3) is 3.15. The van der Waals surface area contributed by atoms with E-state index in [4.69, 9.17) is 17.3 Å². The van der Waals surface area contributed by atoms with Crippen LogP contribution in [0.4, 0.5) is 0 Å². The first-order valence-corrected chi connectivity index (χ1v) is 8.94. The van der Waals surface area contributed by atoms with Crippen LogP contribution in [0, 0.1) is 0 Å². The minimum atomic E-state index is -0.0923. The van der Waals surface area contributed by atoms with Crippen LogP contribution in [0.1, 0.15) is 11.6 Å². The molecule has 0 spiro atoms. The summed E-state index contributed by atoms with van der Waals surface area (Å²) in [7, 11) is 1.78. The van der Waals surface area contributed by atoms with Gasteiger partial charge in [-0.2, -0.15) is 5.10 Å². The number of rotatable bonds is 5. The molecule has 0 bridgehead atoms. The number of fused-ring (bicyclic) bond motifs is 1. The Hall–Kier alpha value is -2.90. The molecule has 138 valence electrons. The lowest BCUT2D eigenvalue weighted by Gasteiger charge is -2.18. The Morgan fingerprint density at radius 1 is 1.22 bits per heavy atom. The molecule has 0 unspecified atom stereocenters. The van der Waals surface area contributed by atoms with Crippen molar-refractivity contribution in [1.82, 2.24) is 24.3 Å². The van der Waals surface area contributed by atoms with Crippen LogP contribution in [0.2, 0.25) is 5.02 Å². The highest BCUT2D eigenvalue weighted by Crippen LogP contribution is 2.32. The molecule has 0 aliphatic carbocycles. The molecule has 3 N–H and O–H groups in total. The summed E-state index contributed by atoms with van der Waals surface area (Å²) in [6.07, 6.45) is 5.67. The first-order chi connectivity index (χ1) is 13.1. The average Bonchev–Trinajstić information content (AvgIpc) is 3.19. The zero-order valence-corrected chi connectivity index (χ0v) is 15.5. The minimum absolute atomic E-state index is 0.0923. The fourth-order valence-electron chi connectivity index (χ4n) is 3.23. The van der Waals surface area contributed by atoms with Gasteiger partial charge in [-0.1, -0.05) is 41.9 Å². The van der Waals surface area contributed by atoms with Crippen LogP contribution in [-0.4, -0.2) is 36.0 Å². The van der Waals surface area contributed by atoms with Crippen molar-refractivity contribution < 1.29 is 5.11 Å². The van der Waals surface area contributed by atoms with Crippen LogP contribution >= 0.6 is 11.6 Å². The molecule has 0 amide bonds. The van der Waals surface area contributed by atoms with Crippen molar-refractivity contribution >= 4 is 22.5 Å². The zero-order valence-electron chi connectivity index (χ0n) is 14.7. The summed E-state index contributed by atoms with van der Waals surface area (Å²) in [4.78, 5) is 8.92. The van der Waals surface area contributed by atoms with E-state index in [9.17, 15) is 5.11 Å². The monoisotopic (exact) mass is 382 g/mol. The Kier molecular flexibility index (Phi) is 4.55. The highest BCUT2D eigenvalue weighted by Gasteiger charge is 2.19. The fourth-order valence-corrected chi connectivity index (χ4v) is 3.48. The normalized spacial score (nSPS) is 12.6. The number of nitrogens with zero attached hydrogens (tertiary/aromatic N) is 5. The maximum Gasteiger partial charge on any atom is 0.202 e. The number of aromatic nitrogens is 5. The number of aromatic hydroxyl groups is 1. The van der Waals surface area contributed by atoms with Crippen molar-refractivity contribution in [1.29, 1.82) is 0 Å². The molecule has 0 aliphatic heterocycles. The summed E-state index contributed by atoms with van der Waals surface area (Å²) < 4.78 is 3.39. The van der Waals surface area contributed by atoms with E-state index in [1.54, 1.807) is 34.9 Å². The molecular weight excluding hydrogens is 364 g/mol. The van der Waals surface area contributed by atoms with E-state index in [1.165, 1.54) is 0 Å². The van der Waals surface area contributed by atoms with E-state index < -0.39 is 0 Å². The molecule has 4 rings (SSSR count). The van der Waals surface area contributed by atoms with Crippen LogP contribution in [0.25, 0.3) is 22.4 Å². The first-order valence-electron chi connectivity index (χ1n) is 8.57. The van der Waals surface area contributed by atoms with Gasteiger partial charge in [-0.05, 0) is 12.0 Å². The predicted octanol–water partition coefficient (Wildman–Crippen LogP) is 2.93. The van der Waals surface area contributed by atoms with Crippen molar-refractivity contribution in [2.45, 2.75) is 12.5 Å². The maximum absolute atomic E-state index is 10.7. The van der Waals surface area contributed by atoms with Gasteiger partial charge in [0.25, 0.3) is 0 Å². The van der Waals surface area contributed by atoms with Crippen molar-refractivity contribution in [3.05, 3.63) is 59.5 Å². The second kappa shape index (κ2) is 7.02. The molecule has 3 heterocycles. The lowest BCUT2D eigenvalue weighted by atomic mass is 10.1. The van der Waals surface area contributed by atoms with E-state index >= 15 is 0 Å². The summed E-state index contributed by atoms with van der Waals surface area (Å²) >= 11 is 6.20. The third-order valence-electron chi connectivity index (χ3n) is 4.65. The van der Waals surface area contributed by atoms with E-state index in [0.717, 1.165) is 5.56 Å². The van der Waals surface area contributed by atoms with Crippen molar-refractivity contribution in [2.75, 3.05) is 6.54 Å². The number of hydrogen-bond acceptors (Lipinski definition) is 5. The molecule has 1 aromatic carbocycles. The fraction of sp³-hybridized carbons (Fsp3) is 0.211. The van der Waals surface area contributed by atoms with Gasteiger partial charge in [-0.3, -0.25) is 4.68 Å². The molecule has 27 heavy (non-hydrogen) atoms. The summed E-state index contributed by atoms with van der Waals surface area (Å²) in [6.45, 7) is 0.386. The minimum Gasteiger partial charge on any atom is -0.494 e. The summed E-state index contributed by atoms with van der Waals surface area (Å²) in [5.74, 6) is 0.566. The number of aryl methyl sites for hydroxylation is 1. The largest absolute Gasteiger partial charge is 0.494 e. The predicted molar refractivity (Wildman–Crippen MR) is 105 cm³/mol. The van der Waals surface area contributed by atoms with Gasteiger partial charge in [0.05, 0.1) is 28.2 Å². The Bertz CT molecular complexity index is 1070. The molecule has 7 nitrogen and oxygen atoms in total. The molecule has 3 aromatic heterocycles. The van der Waals surface area contributed by atoms with Crippen LogP contribution < -0.4 is 5.73 Å². The number of hydrogen-bond donors (Lipinski definition) is 2. The molecule has 0 aliphatic rings. The van der Waals surface area contributed by atoms with E-state index in [0.29, 0.717) is 40.4 Å². The van der Waals surface area contributed by atoms with Crippen LogP contribution in [0.15, 0.2) is 48.9 Å². The molecule has 0 radical (unpaired) electrons. The quantitative estimate of drug-likeness (QED) is 0.553. The Morgan fingerprint density at radius 3 is 2.67 bits per heavy atom. The topological polar surface area (TPSA) is 94.8 Å². The van der Waals surface area contributed by atoms with Gasteiger partial charge in [-0.15, -0.1) is 0 Å². The second-order valence-corrected chi connectivity index (χ2v) is 6.80. The molecule has 4 aromatic rings. The van der Waals surface area contributed by atoms with Gasteiger partial charge in [0.15, 0.2) is 5.82 Å². The maximum atomic E-state index is 10.7. The van der Waals surface area contributed by atoms with Gasteiger partial charge in [-0.25, -0.2) is 9.97 Å². The van der Waals surface area contributed by atoms with Crippen LogP contribution in [0.3, 0.4) is 0 Å². The smallest absolute Gasteiger partial charge is 0.202 e. The van der Waals surface area contributed by atoms with E-state index in [-0.39, 0.29) is 11.9 Å². The molecule has 0 saturated carbocycles. The average molecular weight is 383 g/mol. The Balaban J connectivity index is 1.75. The standard InChI is InChI=1S/C19H19ClN6O/c1-25-17(15(20)10-23-25)18-22-9-14-16(24-18)11-26(19(14)27)13(8-21)7-12-5-3-2-4-6-12/h2-6,9-11,13,27H,7-8,21H2,1H3/t13-/m0/s1. The second-order valence-electron chi connectivity index (χ2n) is 6.40. The van der Waals surface area contributed by atoms with Crippen molar-refractivity contribution in [3.63, 3.8) is 0 Å². The summed E-state index contributed by atoms with van der Waals surface area (Å²) in [5.41, 5.74) is 8.40. The van der Waals surface area contributed by atoms with Gasteiger partial charge in [0, 0.05) is 26.0 Å². The van der Waals surface area contributed by atoms with Crippen LogP contribution in [-0.2, 0) is 13.5 Å². The van der Waals surface area contributed by atoms with Crippen molar-refractivity contribution in [3.8, 4) is 17.4 Å². The molecule has 8 heteroatoms. The summed E-state index contributed by atoms with van der Waals surface area (Å²) in [5, 5.41) is 15.8. The van der Waals surface area contributed by atoms with Gasteiger partial charge < -0.3 is 15.4 Å². The molecule has 1 atom stereocenters. The zero-order chi connectivity index (χ0) is 19.0. The highest BCUT2D eigenvalue weighted by atomic mass is 35.5. The number of nitrogens with two attached hydrogens (primary N) is 1. The SMILES string of the molecule is Cn1ncc(Cl)c1-c1ncc2c(O)n([C@H](CN)Cc3ccccc3)cc2n1. The summed E-state index contributed by atoms with van der Waals surface area (Å²) in [6, 6.07) is 9.96. The first kappa shape index (κ1) is 17.5. The van der Waals surface area contributed by atoms with Gasteiger partial charge in [0.2, 0.25) is 5.88 Å².